The van der Waals surface area contributed by atoms with Crippen molar-refractivity contribution in [3.05, 3.63) is 20.5 Å². The molecule has 0 spiro atoms. The molecule has 0 aromatic carbocycles. The fraction of sp³-hybridized carbons (Fsp3) is 0.500. The molecule has 0 amide bonds. The van der Waals surface area contributed by atoms with Crippen LogP contribution in [0.5, 0.6) is 0 Å². The van der Waals surface area contributed by atoms with Crippen molar-refractivity contribution in [2.75, 3.05) is 6.61 Å². The largest absolute Gasteiger partial charge is 0.376 e. The van der Waals surface area contributed by atoms with Crippen LogP contribution in [0.2, 0.25) is 0 Å². The Bertz CT molecular complexity index is 23.4. The number of hydrogen-bond donors (Lipinski definition) is 0. The lowest BCUT2D eigenvalue weighted by Crippen LogP contribution is -1.86. The van der Waals surface area contributed by atoms with Gasteiger partial charge in [0, 0.05) is 6.61 Å². The smallest absolute Gasteiger partial charge is 0.0837 e. The summed E-state index contributed by atoms with van der Waals surface area (Å²) >= 11 is 0. The minimum absolute atomic E-state index is 0.757. The molecule has 41 valence electrons. The molecular weight excluding hydrogens is 88.1 g/mol. The van der Waals surface area contributed by atoms with Crippen molar-refractivity contribution in [3.63, 3.8) is 0 Å². The Labute approximate surface area is 45.7 Å². The Hall–Kier alpha value is -0.0400. The van der Waals surface area contributed by atoms with E-state index in [1.54, 1.807) is 0 Å². The van der Waals surface area contributed by atoms with Crippen molar-refractivity contribution in [2.24, 2.45) is 0 Å². The molecule has 0 heterocycles. The topological polar surface area (TPSA) is 9.23 Å². The normalized spacial score (nSPS) is 9.43. The molecular formula is C6H11O. The Morgan fingerprint density at radius 3 is 2.71 bits per heavy atom. The van der Waals surface area contributed by atoms with Crippen LogP contribution in [0.25, 0.3) is 0 Å². The lowest BCUT2D eigenvalue weighted by atomic mass is 10.4. The third-order valence-electron chi connectivity index (χ3n) is 0.630. The van der Waals surface area contributed by atoms with Gasteiger partial charge in [-0.15, -0.1) is 0 Å². The van der Waals surface area contributed by atoms with Crippen molar-refractivity contribution >= 4 is 0 Å². The van der Waals surface area contributed by atoms with Crippen LogP contribution in [-0.2, 0) is 4.74 Å². The molecule has 0 aromatic heterocycles. The first-order valence-electron chi connectivity index (χ1n) is 2.43. The zero-order valence-electron chi connectivity index (χ0n) is 4.52. The predicted molar refractivity (Wildman–Crippen MR) is 30.2 cm³/mol. The number of unbranched alkanes of at least 4 members (excludes halogenated alkanes) is 1. The summed E-state index contributed by atoms with van der Waals surface area (Å²) in [5.74, 6) is 0. The van der Waals surface area contributed by atoms with E-state index in [2.05, 4.69) is 13.8 Å². The lowest BCUT2D eigenvalue weighted by molar-refractivity contribution is 0.211. The van der Waals surface area contributed by atoms with E-state index < -0.39 is 0 Å². The zero-order valence-corrected chi connectivity index (χ0v) is 4.52. The number of hydrogen-bond acceptors (Lipinski definition) is 1. The van der Waals surface area contributed by atoms with Crippen LogP contribution < -0.4 is 0 Å². The first-order valence-corrected chi connectivity index (χ1v) is 2.43. The molecule has 1 nitrogen and oxygen atoms in total. The first kappa shape index (κ1) is 6.96. The number of ether oxygens (including phenoxy) is 1. The molecule has 0 rings (SSSR count). The Morgan fingerprint density at radius 1 is 1.57 bits per heavy atom. The molecule has 0 atom stereocenters. The summed E-state index contributed by atoms with van der Waals surface area (Å²) < 4.78 is 4.80. The maximum absolute atomic E-state index is 4.80. The molecule has 0 saturated carbocycles. The van der Waals surface area contributed by atoms with Gasteiger partial charge in [0.05, 0.1) is 6.61 Å². The monoisotopic (exact) mass is 99.1 g/mol. The highest BCUT2D eigenvalue weighted by Crippen LogP contribution is 1.87. The Morgan fingerprint density at radius 2 is 2.29 bits per heavy atom. The summed E-state index contributed by atoms with van der Waals surface area (Å²) in [5, 5.41) is 0. The van der Waals surface area contributed by atoms with Gasteiger partial charge in [-0.3, -0.25) is 0 Å². The summed E-state index contributed by atoms with van der Waals surface area (Å²) in [5.41, 5.74) is 0. The highest BCUT2D eigenvalue weighted by Gasteiger charge is 1.79. The molecule has 0 bridgehead atoms. The van der Waals surface area contributed by atoms with E-state index in [1.807, 2.05) is 0 Å². The van der Waals surface area contributed by atoms with Crippen molar-refractivity contribution in [2.45, 2.75) is 12.8 Å². The summed E-state index contributed by atoms with van der Waals surface area (Å²) in [6.45, 7) is 9.24. The zero-order chi connectivity index (χ0) is 5.54. The molecule has 1 heteroatoms. The highest BCUT2D eigenvalue weighted by atomic mass is 16.5. The predicted octanol–water partition coefficient (Wildman–Crippen LogP) is 1.61. The van der Waals surface area contributed by atoms with Crippen LogP contribution in [0, 0.1) is 20.5 Å². The Kier molecular flexibility index (Phi) is 5.93. The van der Waals surface area contributed by atoms with E-state index in [9.17, 15) is 0 Å². The summed E-state index contributed by atoms with van der Waals surface area (Å²) in [4.78, 5) is 0. The van der Waals surface area contributed by atoms with Crippen molar-refractivity contribution in [1.82, 2.24) is 0 Å². The average Bonchev–Trinajstić information content (AvgIpc) is 1.69. The van der Waals surface area contributed by atoms with Gasteiger partial charge in [0.1, 0.15) is 0 Å². The fourth-order valence-corrected chi connectivity index (χ4v) is 0.269. The van der Waals surface area contributed by atoms with Crippen molar-refractivity contribution < 1.29 is 4.74 Å². The van der Waals surface area contributed by atoms with E-state index >= 15 is 0 Å². The van der Waals surface area contributed by atoms with Crippen LogP contribution in [0.3, 0.4) is 0 Å². The molecule has 0 aliphatic heterocycles. The minimum atomic E-state index is 0.757. The maximum atomic E-state index is 4.80. The maximum Gasteiger partial charge on any atom is 0.0837 e. The van der Waals surface area contributed by atoms with Gasteiger partial charge in [0.15, 0.2) is 0 Å². The third kappa shape index (κ3) is 5.96. The summed E-state index contributed by atoms with van der Waals surface area (Å²) in [6, 6.07) is 0. The molecule has 0 fully saturated rings. The molecule has 3 radical (unpaired) electrons. The van der Waals surface area contributed by atoms with E-state index in [1.165, 1.54) is 6.61 Å². The van der Waals surface area contributed by atoms with Crippen LogP contribution in [0.1, 0.15) is 12.8 Å². The van der Waals surface area contributed by atoms with E-state index in [0.717, 1.165) is 19.4 Å². The SMILES string of the molecule is [CH2][CH]OCCC[CH2]. The fourth-order valence-electron chi connectivity index (χ4n) is 0.269. The highest BCUT2D eigenvalue weighted by molar-refractivity contribution is 4.49. The van der Waals surface area contributed by atoms with Gasteiger partial charge in [-0.25, -0.2) is 0 Å². The number of rotatable bonds is 4. The molecule has 0 saturated heterocycles. The van der Waals surface area contributed by atoms with Crippen molar-refractivity contribution in [3.8, 4) is 0 Å². The van der Waals surface area contributed by atoms with Gasteiger partial charge < -0.3 is 4.74 Å². The average molecular weight is 99.2 g/mol. The molecule has 0 aromatic rings. The van der Waals surface area contributed by atoms with Gasteiger partial charge in [0.2, 0.25) is 0 Å². The molecule has 0 aliphatic carbocycles. The molecule has 0 aliphatic rings. The van der Waals surface area contributed by atoms with Crippen LogP contribution in [0.15, 0.2) is 0 Å². The molecule has 0 unspecified atom stereocenters. The van der Waals surface area contributed by atoms with Crippen molar-refractivity contribution in [1.29, 1.82) is 0 Å². The minimum Gasteiger partial charge on any atom is -0.376 e. The molecule has 7 heavy (non-hydrogen) atoms. The van der Waals surface area contributed by atoms with Gasteiger partial charge in [-0.2, -0.15) is 0 Å². The van der Waals surface area contributed by atoms with E-state index in [4.69, 9.17) is 4.74 Å². The quantitative estimate of drug-likeness (QED) is 0.486. The second-order valence-electron chi connectivity index (χ2n) is 1.24. The summed E-state index contributed by atoms with van der Waals surface area (Å²) in [7, 11) is 0. The second-order valence-corrected chi connectivity index (χ2v) is 1.24. The van der Waals surface area contributed by atoms with Crippen LogP contribution >= 0.6 is 0 Å². The van der Waals surface area contributed by atoms with Gasteiger partial charge >= 0.3 is 0 Å². The van der Waals surface area contributed by atoms with E-state index in [-0.39, 0.29) is 0 Å². The van der Waals surface area contributed by atoms with E-state index in [0.29, 0.717) is 0 Å². The van der Waals surface area contributed by atoms with Crippen LogP contribution in [0.4, 0.5) is 0 Å². The van der Waals surface area contributed by atoms with Gasteiger partial charge in [-0.1, -0.05) is 13.3 Å². The second kappa shape index (κ2) is 5.96. The Balaban J connectivity index is 2.45. The summed E-state index contributed by atoms with van der Waals surface area (Å²) in [6.07, 6.45) is 1.96. The van der Waals surface area contributed by atoms with Gasteiger partial charge in [-0.05, 0) is 13.3 Å². The van der Waals surface area contributed by atoms with Gasteiger partial charge in [0.25, 0.3) is 0 Å². The van der Waals surface area contributed by atoms with Crippen LogP contribution in [-0.4, -0.2) is 6.61 Å². The molecule has 0 N–H and O–H groups in total. The first-order chi connectivity index (χ1) is 3.41. The standard InChI is InChI=1S/C6H11O/c1-3-5-6-7-4-2/h4H,1-3,5-6H2. The lowest BCUT2D eigenvalue weighted by Gasteiger charge is -1.93. The third-order valence-corrected chi connectivity index (χ3v) is 0.630.